The molecule has 1 saturated heterocycles. The molecule has 4 heterocycles. The summed E-state index contributed by atoms with van der Waals surface area (Å²) >= 11 is 6.32. The number of ether oxygens (including phenoxy) is 1. The van der Waals surface area contributed by atoms with Gasteiger partial charge in [-0.1, -0.05) is 23.7 Å². The van der Waals surface area contributed by atoms with Gasteiger partial charge in [0.1, 0.15) is 5.75 Å². The van der Waals surface area contributed by atoms with Crippen LogP contribution in [-0.2, 0) is 13.1 Å². The Morgan fingerprint density at radius 1 is 1.28 bits per heavy atom. The zero-order valence-electron chi connectivity index (χ0n) is 16.4. The van der Waals surface area contributed by atoms with Crippen molar-refractivity contribution in [1.82, 2.24) is 24.8 Å². The Morgan fingerprint density at radius 2 is 2.07 bits per heavy atom. The first-order valence-corrected chi connectivity index (χ1v) is 10.2. The van der Waals surface area contributed by atoms with Crippen LogP contribution in [0.4, 0.5) is 0 Å². The third kappa shape index (κ3) is 3.05. The summed E-state index contributed by atoms with van der Waals surface area (Å²) in [5.74, 6) is 1.10. The number of halogens is 1. The zero-order chi connectivity index (χ0) is 20.1. The maximum absolute atomic E-state index is 13.2. The topological polar surface area (TPSA) is 71.8 Å². The van der Waals surface area contributed by atoms with Crippen LogP contribution in [0.25, 0.3) is 5.65 Å². The maximum Gasteiger partial charge on any atom is 0.258 e. The van der Waals surface area contributed by atoms with E-state index in [1.165, 1.54) is 0 Å². The average molecular weight is 412 g/mol. The van der Waals surface area contributed by atoms with Crippen LogP contribution in [0.1, 0.15) is 33.0 Å². The molecule has 0 saturated carbocycles. The minimum Gasteiger partial charge on any atom is -0.492 e. The summed E-state index contributed by atoms with van der Waals surface area (Å²) in [7, 11) is 0. The second kappa shape index (κ2) is 7.00. The Hall–Kier alpha value is -2.64. The molecule has 3 aromatic rings. The van der Waals surface area contributed by atoms with Crippen molar-refractivity contribution in [1.29, 1.82) is 0 Å². The highest BCUT2D eigenvalue weighted by Crippen LogP contribution is 2.31. The van der Waals surface area contributed by atoms with Crippen molar-refractivity contribution in [2.45, 2.75) is 26.9 Å². The lowest BCUT2D eigenvalue weighted by molar-refractivity contribution is 0.0743. The van der Waals surface area contributed by atoms with E-state index in [4.69, 9.17) is 16.3 Å². The van der Waals surface area contributed by atoms with Gasteiger partial charge in [0.15, 0.2) is 5.65 Å². The number of hydrogen-bond acceptors (Lipinski definition) is 5. The number of carbonyl (C=O) groups is 1. The fourth-order valence-corrected chi connectivity index (χ4v) is 3.99. The van der Waals surface area contributed by atoms with Crippen molar-refractivity contribution < 1.29 is 9.53 Å². The van der Waals surface area contributed by atoms with Crippen LogP contribution in [0.5, 0.6) is 5.75 Å². The Morgan fingerprint density at radius 3 is 2.83 bits per heavy atom. The van der Waals surface area contributed by atoms with E-state index in [1.807, 2.05) is 38.1 Å². The predicted molar refractivity (Wildman–Crippen MR) is 109 cm³/mol. The van der Waals surface area contributed by atoms with E-state index in [1.54, 1.807) is 9.42 Å². The Labute approximate surface area is 173 Å². The van der Waals surface area contributed by atoms with E-state index in [2.05, 4.69) is 15.4 Å². The number of para-hydroxylation sites is 1. The lowest BCUT2D eigenvalue weighted by Crippen LogP contribution is -2.45. The molecule has 1 fully saturated rings. The number of aryl methyl sites for hydroxylation is 2. The summed E-state index contributed by atoms with van der Waals surface area (Å²) < 4.78 is 7.74. The Kier molecular flexibility index (Phi) is 4.44. The Balaban J connectivity index is 1.40. The van der Waals surface area contributed by atoms with Crippen LogP contribution in [0.2, 0.25) is 5.02 Å². The van der Waals surface area contributed by atoms with E-state index >= 15 is 0 Å². The third-order valence-electron chi connectivity index (χ3n) is 5.70. The lowest BCUT2D eigenvalue weighted by atomic mass is 10.1. The van der Waals surface area contributed by atoms with Crippen LogP contribution >= 0.6 is 11.6 Å². The molecule has 8 heteroatoms. The summed E-state index contributed by atoms with van der Waals surface area (Å²) in [6.45, 7) is 7.30. The minimum atomic E-state index is -0.0501. The number of nitrogens with one attached hydrogen (secondary N) is 1. The summed E-state index contributed by atoms with van der Waals surface area (Å²) in [5.41, 5.74) is 4.86. The molecule has 0 atom stereocenters. The zero-order valence-corrected chi connectivity index (χ0v) is 17.2. The van der Waals surface area contributed by atoms with Gasteiger partial charge in [0.2, 0.25) is 0 Å². The molecule has 29 heavy (non-hydrogen) atoms. The Bertz CT molecular complexity index is 1120. The summed E-state index contributed by atoms with van der Waals surface area (Å²) in [6.07, 6.45) is 0. The van der Waals surface area contributed by atoms with E-state index in [9.17, 15) is 4.79 Å². The molecule has 1 N–H and O–H groups in total. The van der Waals surface area contributed by atoms with Crippen molar-refractivity contribution in [2.75, 3.05) is 19.7 Å². The number of amides is 1. The summed E-state index contributed by atoms with van der Waals surface area (Å²) in [6, 6.07) is 7.46. The van der Waals surface area contributed by atoms with Gasteiger partial charge in [0.25, 0.3) is 5.91 Å². The first-order chi connectivity index (χ1) is 14.0. The predicted octanol–water partition coefficient (Wildman–Crippen LogP) is 2.75. The number of carbonyl (C=O) groups excluding carboxylic acids is 1. The van der Waals surface area contributed by atoms with Crippen molar-refractivity contribution in [2.24, 2.45) is 5.92 Å². The maximum atomic E-state index is 13.2. The number of benzene rings is 1. The quantitative estimate of drug-likeness (QED) is 0.714. The minimum absolute atomic E-state index is 0.0501. The molecule has 0 bridgehead atoms. The molecular formula is C21H22ClN5O2. The third-order valence-corrected chi connectivity index (χ3v) is 6.25. The molecule has 150 valence electrons. The fourth-order valence-electron chi connectivity index (χ4n) is 3.87. The number of fused-ring (bicyclic) bond motifs is 3. The van der Waals surface area contributed by atoms with Crippen molar-refractivity contribution in [3.05, 3.63) is 57.5 Å². The molecule has 0 aliphatic carbocycles. The highest BCUT2D eigenvalue weighted by Gasteiger charge is 2.31. The molecule has 2 aliphatic heterocycles. The summed E-state index contributed by atoms with van der Waals surface area (Å²) in [4.78, 5) is 19.7. The first kappa shape index (κ1) is 18.4. The van der Waals surface area contributed by atoms with Gasteiger partial charge in [-0.3, -0.25) is 4.79 Å². The van der Waals surface area contributed by atoms with E-state index < -0.39 is 0 Å². The van der Waals surface area contributed by atoms with Crippen molar-refractivity contribution in [3.8, 4) is 5.75 Å². The van der Waals surface area contributed by atoms with Crippen LogP contribution in [0.15, 0.2) is 24.3 Å². The van der Waals surface area contributed by atoms with E-state index in [-0.39, 0.29) is 5.91 Å². The summed E-state index contributed by atoms with van der Waals surface area (Å²) in [5, 5.41) is 8.52. The van der Waals surface area contributed by atoms with Gasteiger partial charge in [-0.2, -0.15) is 5.10 Å². The molecule has 0 unspecified atom stereocenters. The lowest BCUT2D eigenvalue weighted by Gasteiger charge is -2.27. The second-order valence-corrected chi connectivity index (χ2v) is 8.13. The van der Waals surface area contributed by atoms with Gasteiger partial charge < -0.3 is 15.0 Å². The van der Waals surface area contributed by atoms with Crippen LogP contribution in [0, 0.1) is 19.8 Å². The average Bonchev–Trinajstić information content (AvgIpc) is 3.24. The SMILES string of the molecule is Cc1nc2c3c(nn2c(C)c1Cl)CN(C(=O)c1ccccc1OCC1CNC1)C3. The van der Waals surface area contributed by atoms with Crippen LogP contribution < -0.4 is 10.1 Å². The van der Waals surface area contributed by atoms with Gasteiger partial charge in [-0.25, -0.2) is 9.50 Å². The largest absolute Gasteiger partial charge is 0.492 e. The first-order valence-electron chi connectivity index (χ1n) is 9.78. The van der Waals surface area contributed by atoms with Gasteiger partial charge >= 0.3 is 0 Å². The van der Waals surface area contributed by atoms with E-state index in [0.29, 0.717) is 41.9 Å². The number of nitrogens with zero attached hydrogens (tertiary/aromatic N) is 4. The van der Waals surface area contributed by atoms with Gasteiger partial charge in [0, 0.05) is 24.6 Å². The standard InChI is InChI=1S/C21H22ClN5O2/c1-12-19(22)13(2)27-20(24-12)16-9-26(10-17(16)25-27)21(28)15-5-3-4-6-18(15)29-11-14-7-23-8-14/h3-6,14,23H,7-11H2,1-2H3. The molecular weight excluding hydrogens is 390 g/mol. The molecule has 2 aliphatic rings. The molecule has 7 nitrogen and oxygen atoms in total. The number of aromatic nitrogens is 3. The highest BCUT2D eigenvalue weighted by molar-refractivity contribution is 6.31. The van der Waals surface area contributed by atoms with Crippen LogP contribution in [-0.4, -0.2) is 45.1 Å². The highest BCUT2D eigenvalue weighted by atomic mass is 35.5. The molecule has 1 aromatic carbocycles. The fraction of sp³-hybridized carbons (Fsp3) is 0.381. The van der Waals surface area contributed by atoms with Crippen molar-refractivity contribution in [3.63, 3.8) is 0 Å². The molecule has 0 radical (unpaired) electrons. The molecule has 5 rings (SSSR count). The smallest absolute Gasteiger partial charge is 0.258 e. The second-order valence-electron chi connectivity index (χ2n) is 7.75. The normalized spacial score (nSPS) is 16.2. The van der Waals surface area contributed by atoms with Gasteiger partial charge in [-0.05, 0) is 26.0 Å². The van der Waals surface area contributed by atoms with Crippen LogP contribution in [0.3, 0.4) is 0 Å². The molecule has 2 aromatic heterocycles. The molecule has 0 spiro atoms. The van der Waals surface area contributed by atoms with E-state index in [0.717, 1.165) is 41.4 Å². The number of rotatable bonds is 4. The molecule has 1 amide bonds. The van der Waals surface area contributed by atoms with Crippen molar-refractivity contribution >= 4 is 23.2 Å². The van der Waals surface area contributed by atoms with Gasteiger partial charge in [0.05, 0.1) is 47.4 Å². The monoisotopic (exact) mass is 411 g/mol. The van der Waals surface area contributed by atoms with Gasteiger partial charge in [-0.15, -0.1) is 0 Å². The number of hydrogen-bond donors (Lipinski definition) is 1.